The van der Waals surface area contributed by atoms with Gasteiger partial charge in [0, 0.05) is 38.3 Å². The third-order valence-electron chi connectivity index (χ3n) is 5.96. The summed E-state index contributed by atoms with van der Waals surface area (Å²) >= 11 is 0. The molecule has 1 saturated carbocycles. The Morgan fingerprint density at radius 2 is 2.07 bits per heavy atom. The van der Waals surface area contributed by atoms with Gasteiger partial charge in [-0.2, -0.15) is 5.10 Å². The molecule has 7 heteroatoms. The standard InChI is InChI=1S/C22H30N6O/c1-4-23-21(24-16-22(9-10-22)19-8-6-5-7-17(19)2)27-11-12-28(20(29)15-27)18-13-25-26(3)14-18/h5-8,13-14H,4,9-12,15-16H2,1-3H3,(H,23,24). The number of guanidine groups is 1. The predicted molar refractivity (Wildman–Crippen MR) is 115 cm³/mol. The predicted octanol–water partition coefficient (Wildman–Crippen LogP) is 2.07. The quantitative estimate of drug-likeness (QED) is 0.623. The van der Waals surface area contributed by atoms with E-state index in [1.54, 1.807) is 10.9 Å². The maximum atomic E-state index is 12.8. The number of piperazine rings is 1. The summed E-state index contributed by atoms with van der Waals surface area (Å²) in [4.78, 5) is 21.6. The molecule has 2 fully saturated rings. The smallest absolute Gasteiger partial charge is 0.246 e. The molecule has 1 aliphatic heterocycles. The Balaban J connectivity index is 1.47. The number of rotatable bonds is 5. The molecule has 2 aromatic rings. The van der Waals surface area contributed by atoms with Gasteiger partial charge in [-0.15, -0.1) is 0 Å². The van der Waals surface area contributed by atoms with Crippen LogP contribution < -0.4 is 10.2 Å². The van der Waals surface area contributed by atoms with Crippen molar-refractivity contribution in [3.63, 3.8) is 0 Å². The van der Waals surface area contributed by atoms with Gasteiger partial charge in [-0.1, -0.05) is 24.3 Å². The van der Waals surface area contributed by atoms with Crippen LogP contribution in [0.25, 0.3) is 0 Å². The lowest BCUT2D eigenvalue weighted by atomic mass is 9.92. The summed E-state index contributed by atoms with van der Waals surface area (Å²) in [7, 11) is 1.86. The number of benzene rings is 1. The zero-order chi connectivity index (χ0) is 20.4. The van der Waals surface area contributed by atoms with E-state index in [1.807, 2.05) is 18.1 Å². The Morgan fingerprint density at radius 3 is 2.69 bits per heavy atom. The number of amides is 1. The van der Waals surface area contributed by atoms with Gasteiger partial charge in [-0.3, -0.25) is 14.5 Å². The molecule has 1 saturated heterocycles. The van der Waals surface area contributed by atoms with Crippen LogP contribution in [0.2, 0.25) is 0 Å². The van der Waals surface area contributed by atoms with Crippen molar-refractivity contribution in [1.82, 2.24) is 20.0 Å². The number of aromatic nitrogens is 2. The van der Waals surface area contributed by atoms with E-state index >= 15 is 0 Å². The normalized spacial score (nSPS) is 18.9. The molecule has 0 bridgehead atoms. The second-order valence-electron chi connectivity index (χ2n) is 8.10. The van der Waals surface area contributed by atoms with Crippen LogP contribution in [0.4, 0.5) is 5.69 Å². The van der Waals surface area contributed by atoms with Crippen molar-refractivity contribution < 1.29 is 4.79 Å². The fourth-order valence-electron chi connectivity index (χ4n) is 4.16. The highest BCUT2D eigenvalue weighted by molar-refractivity contribution is 5.98. The lowest BCUT2D eigenvalue weighted by molar-refractivity contribution is -0.120. The lowest BCUT2D eigenvalue weighted by Gasteiger charge is -2.35. The summed E-state index contributed by atoms with van der Waals surface area (Å²) in [6, 6.07) is 8.63. The van der Waals surface area contributed by atoms with E-state index in [0.717, 1.165) is 31.3 Å². The van der Waals surface area contributed by atoms with Gasteiger partial charge in [0.05, 0.1) is 18.4 Å². The minimum atomic E-state index is 0.0786. The summed E-state index contributed by atoms with van der Waals surface area (Å²) in [6.07, 6.45) is 5.97. The van der Waals surface area contributed by atoms with Crippen molar-refractivity contribution in [2.45, 2.75) is 32.1 Å². The minimum Gasteiger partial charge on any atom is -0.357 e. The van der Waals surface area contributed by atoms with Crippen LogP contribution in [0.5, 0.6) is 0 Å². The average Bonchev–Trinajstić information content (AvgIpc) is 3.38. The van der Waals surface area contributed by atoms with E-state index in [2.05, 4.69) is 53.4 Å². The van der Waals surface area contributed by atoms with Crippen LogP contribution in [0.15, 0.2) is 41.7 Å². The van der Waals surface area contributed by atoms with Gasteiger partial charge in [0.1, 0.15) is 6.54 Å². The first-order chi connectivity index (χ1) is 14.0. The Bertz CT molecular complexity index is 914. The first-order valence-corrected chi connectivity index (χ1v) is 10.4. The van der Waals surface area contributed by atoms with E-state index < -0.39 is 0 Å². The van der Waals surface area contributed by atoms with Gasteiger partial charge in [-0.05, 0) is 37.8 Å². The molecule has 2 heterocycles. The molecule has 0 atom stereocenters. The summed E-state index contributed by atoms with van der Waals surface area (Å²) in [6.45, 7) is 7.52. The zero-order valence-corrected chi connectivity index (χ0v) is 17.6. The maximum Gasteiger partial charge on any atom is 0.246 e. The van der Waals surface area contributed by atoms with Gasteiger partial charge in [0.25, 0.3) is 0 Å². The fourth-order valence-corrected chi connectivity index (χ4v) is 4.16. The van der Waals surface area contributed by atoms with Crippen LogP contribution in [-0.2, 0) is 17.3 Å². The Kier molecular flexibility index (Phi) is 5.30. The molecular formula is C22H30N6O. The van der Waals surface area contributed by atoms with E-state index in [1.165, 1.54) is 24.0 Å². The highest BCUT2D eigenvalue weighted by Gasteiger charge is 2.45. The number of anilines is 1. The van der Waals surface area contributed by atoms with Crippen molar-refractivity contribution in [2.75, 3.05) is 37.6 Å². The average molecular weight is 395 g/mol. The highest BCUT2D eigenvalue weighted by atomic mass is 16.2. The van der Waals surface area contributed by atoms with E-state index in [9.17, 15) is 4.79 Å². The largest absolute Gasteiger partial charge is 0.357 e. The Morgan fingerprint density at radius 1 is 1.28 bits per heavy atom. The molecule has 2 aliphatic rings. The molecule has 0 unspecified atom stereocenters. The third kappa shape index (κ3) is 3.99. The molecule has 1 aromatic heterocycles. The van der Waals surface area contributed by atoms with Gasteiger partial charge < -0.3 is 15.1 Å². The molecule has 1 aromatic carbocycles. The van der Waals surface area contributed by atoms with Crippen LogP contribution in [0.1, 0.15) is 30.9 Å². The van der Waals surface area contributed by atoms with Gasteiger partial charge in [-0.25, -0.2) is 0 Å². The molecule has 7 nitrogen and oxygen atoms in total. The van der Waals surface area contributed by atoms with Crippen LogP contribution >= 0.6 is 0 Å². The number of carbonyl (C=O) groups excluding carboxylic acids is 1. The Hall–Kier alpha value is -2.83. The van der Waals surface area contributed by atoms with E-state index in [0.29, 0.717) is 13.1 Å². The molecule has 29 heavy (non-hydrogen) atoms. The molecule has 154 valence electrons. The molecule has 4 rings (SSSR count). The van der Waals surface area contributed by atoms with Crippen molar-refractivity contribution in [3.05, 3.63) is 47.8 Å². The monoisotopic (exact) mass is 394 g/mol. The molecular weight excluding hydrogens is 364 g/mol. The zero-order valence-electron chi connectivity index (χ0n) is 17.6. The summed E-state index contributed by atoms with van der Waals surface area (Å²) in [5.74, 6) is 0.918. The highest BCUT2D eigenvalue weighted by Crippen LogP contribution is 2.49. The second kappa shape index (κ2) is 7.89. The number of hydrogen-bond acceptors (Lipinski definition) is 3. The summed E-state index contributed by atoms with van der Waals surface area (Å²) in [5, 5.41) is 7.57. The van der Waals surface area contributed by atoms with Crippen molar-refractivity contribution in [3.8, 4) is 0 Å². The van der Waals surface area contributed by atoms with Gasteiger partial charge in [0.2, 0.25) is 5.91 Å². The first-order valence-electron chi connectivity index (χ1n) is 10.4. The number of aliphatic imine (C=N–C) groups is 1. The van der Waals surface area contributed by atoms with Crippen LogP contribution in [0.3, 0.4) is 0 Å². The number of aryl methyl sites for hydroxylation is 2. The maximum absolute atomic E-state index is 12.8. The second-order valence-corrected chi connectivity index (χ2v) is 8.10. The topological polar surface area (TPSA) is 65.8 Å². The van der Waals surface area contributed by atoms with Crippen LogP contribution in [-0.4, -0.2) is 59.3 Å². The SMILES string of the molecule is CCNC(=NCC1(c2ccccc2C)CC1)N1CCN(c2cnn(C)c2)C(=O)C1. The molecule has 1 N–H and O–H groups in total. The summed E-state index contributed by atoms with van der Waals surface area (Å²) < 4.78 is 1.72. The molecule has 1 amide bonds. The van der Waals surface area contributed by atoms with E-state index in [4.69, 9.17) is 4.99 Å². The first kappa shape index (κ1) is 19.5. The number of carbonyl (C=O) groups is 1. The summed E-state index contributed by atoms with van der Waals surface area (Å²) in [5.41, 5.74) is 3.77. The number of nitrogens with one attached hydrogen (secondary N) is 1. The molecule has 0 radical (unpaired) electrons. The van der Waals surface area contributed by atoms with Gasteiger partial charge in [0.15, 0.2) is 5.96 Å². The lowest BCUT2D eigenvalue weighted by Crippen LogP contribution is -2.55. The fraction of sp³-hybridized carbons (Fsp3) is 0.500. The number of hydrogen-bond donors (Lipinski definition) is 1. The van der Waals surface area contributed by atoms with Crippen molar-refractivity contribution in [1.29, 1.82) is 0 Å². The minimum absolute atomic E-state index is 0.0786. The van der Waals surface area contributed by atoms with Crippen LogP contribution in [0, 0.1) is 6.92 Å². The van der Waals surface area contributed by atoms with Crippen molar-refractivity contribution >= 4 is 17.6 Å². The van der Waals surface area contributed by atoms with E-state index in [-0.39, 0.29) is 11.3 Å². The third-order valence-corrected chi connectivity index (χ3v) is 5.96. The molecule has 1 aliphatic carbocycles. The number of nitrogens with zero attached hydrogens (tertiary/aromatic N) is 5. The van der Waals surface area contributed by atoms with Crippen molar-refractivity contribution in [2.24, 2.45) is 12.0 Å². The molecule has 0 spiro atoms. The van der Waals surface area contributed by atoms with Gasteiger partial charge >= 0.3 is 0 Å². The Labute approximate surface area is 172 Å².